The first-order chi connectivity index (χ1) is 9.16. The fraction of sp³-hybridized carbons (Fsp3) is 0.688. The molecule has 1 aliphatic heterocycles. The van der Waals surface area contributed by atoms with Gasteiger partial charge in [0.25, 0.3) is 0 Å². The Morgan fingerprint density at radius 3 is 2.89 bits per heavy atom. The summed E-state index contributed by atoms with van der Waals surface area (Å²) in [5, 5.41) is 10.2. The van der Waals surface area contributed by atoms with E-state index in [1.165, 1.54) is 6.08 Å². The van der Waals surface area contributed by atoms with Crippen LogP contribution in [0.2, 0.25) is 0 Å². The molecule has 1 fully saturated rings. The molecule has 2 aliphatic rings. The van der Waals surface area contributed by atoms with Gasteiger partial charge in [-0.05, 0) is 56.9 Å². The molecule has 4 atom stereocenters. The van der Waals surface area contributed by atoms with Crippen molar-refractivity contribution in [3.63, 3.8) is 0 Å². The lowest BCUT2D eigenvalue weighted by molar-refractivity contribution is -0.142. The van der Waals surface area contributed by atoms with Crippen LogP contribution in [0, 0.1) is 11.8 Å². The molecule has 0 amide bonds. The largest absolute Gasteiger partial charge is 0.460 e. The van der Waals surface area contributed by atoms with Crippen molar-refractivity contribution in [2.24, 2.45) is 11.8 Å². The third kappa shape index (κ3) is 4.20. The summed E-state index contributed by atoms with van der Waals surface area (Å²) in [6.07, 6.45) is 13.2. The van der Waals surface area contributed by atoms with E-state index < -0.39 is 6.10 Å². The molecular formula is C16H24O3. The van der Waals surface area contributed by atoms with E-state index in [0.29, 0.717) is 5.92 Å². The Labute approximate surface area is 115 Å². The number of cyclic esters (lactones) is 1. The standard InChI is InChI=1S/C16H24O3/c1-12-6-3-2-4-7-13-8-5-9-14(13)15(17)10-11-16(18)19-12/h4,7,10-15,17H,2-3,5-6,8-9H2,1H3/b7-4-,11-10-. The molecule has 0 aromatic rings. The quantitative estimate of drug-likeness (QED) is 0.540. The van der Waals surface area contributed by atoms with Gasteiger partial charge in [0, 0.05) is 6.08 Å². The zero-order valence-electron chi connectivity index (χ0n) is 11.6. The van der Waals surface area contributed by atoms with Crippen LogP contribution in [-0.2, 0) is 9.53 Å². The van der Waals surface area contributed by atoms with Crippen molar-refractivity contribution in [2.45, 2.75) is 57.7 Å². The summed E-state index contributed by atoms with van der Waals surface area (Å²) in [5.41, 5.74) is 0. The van der Waals surface area contributed by atoms with E-state index in [1.54, 1.807) is 6.08 Å². The molecule has 1 N–H and O–H groups in total. The van der Waals surface area contributed by atoms with Gasteiger partial charge in [-0.2, -0.15) is 0 Å². The van der Waals surface area contributed by atoms with Crippen molar-refractivity contribution in [1.29, 1.82) is 0 Å². The van der Waals surface area contributed by atoms with Crippen molar-refractivity contribution in [1.82, 2.24) is 0 Å². The third-order valence-corrected chi connectivity index (χ3v) is 4.18. The molecule has 1 saturated carbocycles. The van der Waals surface area contributed by atoms with Gasteiger partial charge in [0.2, 0.25) is 0 Å². The second-order valence-electron chi connectivity index (χ2n) is 5.71. The molecule has 2 rings (SSSR count). The van der Waals surface area contributed by atoms with Gasteiger partial charge >= 0.3 is 5.97 Å². The molecule has 0 aromatic heterocycles. The van der Waals surface area contributed by atoms with Gasteiger partial charge in [0.1, 0.15) is 0 Å². The highest BCUT2D eigenvalue weighted by atomic mass is 16.5. The lowest BCUT2D eigenvalue weighted by Gasteiger charge is -2.20. The Morgan fingerprint density at radius 1 is 1.21 bits per heavy atom. The van der Waals surface area contributed by atoms with E-state index in [1.807, 2.05) is 6.92 Å². The van der Waals surface area contributed by atoms with Crippen LogP contribution in [-0.4, -0.2) is 23.3 Å². The van der Waals surface area contributed by atoms with Crippen LogP contribution in [0.3, 0.4) is 0 Å². The van der Waals surface area contributed by atoms with Gasteiger partial charge < -0.3 is 9.84 Å². The van der Waals surface area contributed by atoms with E-state index in [2.05, 4.69) is 12.2 Å². The molecule has 1 heterocycles. The van der Waals surface area contributed by atoms with E-state index in [9.17, 15) is 9.90 Å². The summed E-state index contributed by atoms with van der Waals surface area (Å²) in [6, 6.07) is 0. The molecule has 0 saturated heterocycles. The average molecular weight is 264 g/mol. The maximum absolute atomic E-state index is 11.6. The monoisotopic (exact) mass is 264 g/mol. The first-order valence-electron chi connectivity index (χ1n) is 7.40. The number of allylic oxidation sites excluding steroid dienone is 2. The van der Waals surface area contributed by atoms with E-state index >= 15 is 0 Å². The first-order valence-corrected chi connectivity index (χ1v) is 7.40. The highest BCUT2D eigenvalue weighted by Gasteiger charge is 2.30. The second kappa shape index (κ2) is 6.90. The normalized spacial score (nSPS) is 40.2. The minimum absolute atomic E-state index is 0.0528. The summed E-state index contributed by atoms with van der Waals surface area (Å²) < 4.78 is 5.26. The number of hydrogen-bond donors (Lipinski definition) is 1. The Balaban J connectivity index is 2.08. The number of ether oxygens (including phenoxy) is 1. The lowest BCUT2D eigenvalue weighted by Crippen LogP contribution is -2.21. The van der Waals surface area contributed by atoms with Gasteiger partial charge in [-0.3, -0.25) is 0 Å². The predicted octanol–water partition coefficient (Wildman–Crippen LogP) is 2.99. The fourth-order valence-electron chi connectivity index (χ4n) is 3.09. The van der Waals surface area contributed by atoms with Crippen molar-refractivity contribution in [3.05, 3.63) is 24.3 Å². The summed E-state index contributed by atoms with van der Waals surface area (Å²) in [7, 11) is 0. The topological polar surface area (TPSA) is 46.5 Å². The average Bonchev–Trinajstić information content (AvgIpc) is 2.83. The lowest BCUT2D eigenvalue weighted by atomic mass is 9.90. The molecule has 0 radical (unpaired) electrons. The number of aliphatic hydroxyl groups excluding tert-OH is 1. The van der Waals surface area contributed by atoms with Gasteiger partial charge in [0.05, 0.1) is 12.2 Å². The predicted molar refractivity (Wildman–Crippen MR) is 74.5 cm³/mol. The molecule has 0 spiro atoms. The van der Waals surface area contributed by atoms with Crippen LogP contribution in [0.4, 0.5) is 0 Å². The molecule has 3 heteroatoms. The third-order valence-electron chi connectivity index (χ3n) is 4.18. The van der Waals surface area contributed by atoms with Gasteiger partial charge in [0.15, 0.2) is 0 Å². The fourth-order valence-corrected chi connectivity index (χ4v) is 3.09. The maximum atomic E-state index is 11.6. The van der Waals surface area contributed by atoms with Gasteiger partial charge in [-0.1, -0.05) is 18.6 Å². The maximum Gasteiger partial charge on any atom is 0.330 e. The summed E-state index contributed by atoms with van der Waals surface area (Å²) in [4.78, 5) is 11.6. The molecule has 4 unspecified atom stereocenters. The molecule has 19 heavy (non-hydrogen) atoms. The number of aliphatic hydroxyl groups is 1. The molecule has 0 bridgehead atoms. The Hall–Kier alpha value is -1.09. The number of esters is 1. The Kier molecular flexibility index (Phi) is 5.20. The van der Waals surface area contributed by atoms with Gasteiger partial charge in [-0.25, -0.2) is 4.79 Å². The first kappa shape index (κ1) is 14.3. The summed E-state index contributed by atoms with van der Waals surface area (Å²) in [5.74, 6) is 0.362. The van der Waals surface area contributed by atoms with Crippen LogP contribution in [0.1, 0.15) is 45.4 Å². The summed E-state index contributed by atoms with van der Waals surface area (Å²) >= 11 is 0. The summed E-state index contributed by atoms with van der Waals surface area (Å²) in [6.45, 7) is 1.92. The number of rotatable bonds is 0. The molecule has 106 valence electrons. The van der Waals surface area contributed by atoms with Gasteiger partial charge in [-0.15, -0.1) is 0 Å². The number of fused-ring (bicyclic) bond motifs is 1. The van der Waals surface area contributed by atoms with Crippen molar-refractivity contribution in [3.8, 4) is 0 Å². The SMILES string of the molecule is CC1CCC/C=C\C2CCCC2C(O)/C=C\C(=O)O1. The number of hydrogen-bond acceptors (Lipinski definition) is 3. The molecular weight excluding hydrogens is 240 g/mol. The smallest absolute Gasteiger partial charge is 0.330 e. The van der Waals surface area contributed by atoms with Crippen molar-refractivity contribution < 1.29 is 14.6 Å². The second-order valence-corrected chi connectivity index (χ2v) is 5.71. The van der Waals surface area contributed by atoms with Crippen LogP contribution in [0.25, 0.3) is 0 Å². The highest BCUT2D eigenvalue weighted by Crippen LogP contribution is 2.35. The minimum Gasteiger partial charge on any atom is -0.460 e. The minimum atomic E-state index is -0.541. The van der Waals surface area contributed by atoms with Crippen LogP contribution < -0.4 is 0 Å². The van der Waals surface area contributed by atoms with Crippen molar-refractivity contribution in [2.75, 3.05) is 0 Å². The number of carbonyl (C=O) groups is 1. The molecule has 3 nitrogen and oxygen atoms in total. The molecule has 1 aliphatic carbocycles. The molecule has 0 aromatic carbocycles. The zero-order chi connectivity index (χ0) is 13.7. The van der Waals surface area contributed by atoms with Crippen LogP contribution in [0.5, 0.6) is 0 Å². The van der Waals surface area contributed by atoms with Crippen LogP contribution in [0.15, 0.2) is 24.3 Å². The Bertz CT molecular complexity index is 359. The van der Waals surface area contributed by atoms with E-state index in [0.717, 1.165) is 38.5 Å². The van der Waals surface area contributed by atoms with E-state index in [4.69, 9.17) is 4.74 Å². The van der Waals surface area contributed by atoms with Crippen molar-refractivity contribution >= 4 is 5.97 Å². The highest BCUT2D eigenvalue weighted by molar-refractivity contribution is 5.82. The zero-order valence-corrected chi connectivity index (χ0v) is 11.6. The van der Waals surface area contributed by atoms with Crippen LogP contribution >= 0.6 is 0 Å². The Morgan fingerprint density at radius 2 is 2.05 bits per heavy atom. The van der Waals surface area contributed by atoms with E-state index in [-0.39, 0.29) is 18.0 Å². The number of carbonyl (C=O) groups excluding carboxylic acids is 1.